The third-order valence-electron chi connectivity index (χ3n) is 7.88. The number of aromatic nitrogens is 2. The zero-order valence-electron chi connectivity index (χ0n) is 18.4. The van der Waals surface area contributed by atoms with Gasteiger partial charge in [0.25, 0.3) is 0 Å². The third-order valence-corrected chi connectivity index (χ3v) is 7.88. The molecule has 1 aromatic heterocycles. The number of alkyl halides is 2. The molecule has 4 unspecified atom stereocenters. The Morgan fingerprint density at radius 2 is 2.12 bits per heavy atom. The molecule has 1 amide bonds. The Bertz CT molecular complexity index is 1150. The molecule has 0 radical (unpaired) electrons. The van der Waals surface area contributed by atoms with Gasteiger partial charge in [-0.3, -0.25) is 10.2 Å². The molecule has 6 rings (SSSR count). The average Bonchev–Trinajstić information content (AvgIpc) is 3.35. The van der Waals surface area contributed by atoms with Crippen LogP contribution in [0, 0.1) is 30.5 Å². The summed E-state index contributed by atoms with van der Waals surface area (Å²) in [4.78, 5) is 21.0. The number of fused-ring (bicyclic) bond motifs is 3. The maximum atomic E-state index is 13.9. The first-order valence-electron chi connectivity index (χ1n) is 11.5. The lowest BCUT2D eigenvalue weighted by atomic mass is 9.74. The van der Waals surface area contributed by atoms with Gasteiger partial charge in [-0.25, -0.2) is 19.8 Å². The number of hydrogen-bond donors (Lipinski definition) is 4. The van der Waals surface area contributed by atoms with E-state index in [1.54, 1.807) is 13.0 Å². The predicted octanol–water partition coefficient (Wildman–Crippen LogP) is 3.07. The molecule has 34 heavy (non-hydrogen) atoms. The maximum Gasteiger partial charge on any atom is 0.387 e. The van der Waals surface area contributed by atoms with Crippen LogP contribution in [0.15, 0.2) is 24.4 Å². The number of rotatable bonds is 5. The quantitative estimate of drug-likeness (QED) is 0.529. The fourth-order valence-corrected chi connectivity index (χ4v) is 6.27. The van der Waals surface area contributed by atoms with Gasteiger partial charge in [0.15, 0.2) is 11.6 Å². The highest BCUT2D eigenvalue weighted by Gasteiger charge is 2.67. The molecule has 3 fully saturated rings. The van der Waals surface area contributed by atoms with Crippen molar-refractivity contribution >= 4 is 17.4 Å². The van der Waals surface area contributed by atoms with Crippen LogP contribution in [-0.2, 0) is 10.2 Å². The van der Waals surface area contributed by atoms with Crippen LogP contribution >= 0.6 is 0 Å². The van der Waals surface area contributed by atoms with Crippen molar-refractivity contribution in [3.05, 3.63) is 41.6 Å². The lowest BCUT2D eigenvalue weighted by Crippen LogP contribution is -2.39. The summed E-state index contributed by atoms with van der Waals surface area (Å²) in [6, 6.07) is 4.66. The van der Waals surface area contributed by atoms with E-state index < -0.39 is 12.0 Å². The summed E-state index contributed by atoms with van der Waals surface area (Å²) in [6.45, 7) is -1.29. The van der Waals surface area contributed by atoms with Crippen LogP contribution in [0.4, 0.5) is 24.7 Å². The van der Waals surface area contributed by atoms with Gasteiger partial charge >= 0.3 is 6.61 Å². The fourth-order valence-electron chi connectivity index (χ4n) is 6.27. The standard InChI is InChI=1S/C23H25F3N6O2/c1-10-27-9-18(34-22(25)26)20(28-10)30-19-13-4-2-11(6-17(13)31-32-19)15-8-23(15)14-7-12(24)3-5-16(14)29-21(23)33/h3,5,7,9,11,13,15,17,19,22,31-32H,2,4,6,8H2,1H3,(H,29,33)(H,27,28,30)/t11?,13?,15-,17?,19?,23-/m0/s1. The van der Waals surface area contributed by atoms with Crippen molar-refractivity contribution < 1.29 is 22.7 Å². The number of ether oxygens (including phenoxy) is 1. The first-order valence-corrected chi connectivity index (χ1v) is 11.5. The fraction of sp³-hybridized carbons (Fsp3) is 0.522. The molecule has 3 heterocycles. The minimum absolute atomic E-state index is 0.0250. The number of hydrogen-bond acceptors (Lipinski definition) is 7. The Labute approximate surface area is 194 Å². The summed E-state index contributed by atoms with van der Waals surface area (Å²) in [7, 11) is 0. The highest BCUT2D eigenvalue weighted by molar-refractivity contribution is 6.08. The van der Waals surface area contributed by atoms with E-state index in [9.17, 15) is 18.0 Å². The largest absolute Gasteiger partial charge is 0.429 e. The summed E-state index contributed by atoms with van der Waals surface area (Å²) < 4.78 is 44.1. The first kappa shape index (κ1) is 21.6. The second-order valence-corrected chi connectivity index (χ2v) is 9.69. The molecule has 2 aromatic rings. The van der Waals surface area contributed by atoms with Gasteiger partial charge in [-0.05, 0) is 68.2 Å². The lowest BCUT2D eigenvalue weighted by molar-refractivity contribution is -0.118. The number of carbonyl (C=O) groups excluding carboxylic acids is 1. The Balaban J connectivity index is 1.15. The summed E-state index contributed by atoms with van der Waals surface area (Å²) in [5.74, 6) is 0.922. The smallest absolute Gasteiger partial charge is 0.387 e. The van der Waals surface area contributed by atoms with Crippen LogP contribution in [0.2, 0.25) is 0 Å². The molecular formula is C23H25F3N6O2. The summed E-state index contributed by atoms with van der Waals surface area (Å²) in [6.07, 6.45) is 4.43. The summed E-state index contributed by atoms with van der Waals surface area (Å²) in [5, 5.41) is 6.13. The van der Waals surface area contributed by atoms with Crippen molar-refractivity contribution in [2.24, 2.45) is 17.8 Å². The van der Waals surface area contributed by atoms with Crippen LogP contribution in [0.1, 0.15) is 37.1 Å². The van der Waals surface area contributed by atoms with Crippen LogP contribution in [0.3, 0.4) is 0 Å². The van der Waals surface area contributed by atoms with E-state index in [1.807, 2.05) is 0 Å². The normalized spacial score (nSPS) is 33.6. The van der Waals surface area contributed by atoms with Crippen molar-refractivity contribution in [3.8, 4) is 5.75 Å². The summed E-state index contributed by atoms with van der Waals surface area (Å²) >= 11 is 0. The number of amides is 1. The van der Waals surface area contributed by atoms with Gasteiger partial charge in [0.1, 0.15) is 11.6 Å². The van der Waals surface area contributed by atoms with Crippen LogP contribution in [0.5, 0.6) is 5.75 Å². The van der Waals surface area contributed by atoms with Crippen LogP contribution in [0.25, 0.3) is 0 Å². The lowest BCUT2D eigenvalue weighted by Gasteiger charge is -2.34. The number of aryl methyl sites for hydroxylation is 1. The topological polar surface area (TPSA) is 100 Å². The van der Waals surface area contributed by atoms with Gasteiger partial charge in [0.2, 0.25) is 5.91 Å². The van der Waals surface area contributed by atoms with Gasteiger partial charge in [-0.15, -0.1) is 0 Å². The van der Waals surface area contributed by atoms with Crippen molar-refractivity contribution in [1.29, 1.82) is 0 Å². The molecule has 4 N–H and O–H groups in total. The number of benzene rings is 1. The second-order valence-electron chi connectivity index (χ2n) is 9.69. The SMILES string of the molecule is Cc1ncc(OC(F)F)c(NC2NNC3CC([C@@H]4C[C@@]45C(=O)Nc4ccc(F)cc45)CCC32)n1. The molecule has 0 bridgehead atoms. The van der Waals surface area contributed by atoms with E-state index in [2.05, 4.69) is 36.2 Å². The molecule has 2 saturated carbocycles. The van der Waals surface area contributed by atoms with Gasteiger partial charge in [-0.2, -0.15) is 8.78 Å². The first-order chi connectivity index (χ1) is 16.3. The monoisotopic (exact) mass is 474 g/mol. The number of nitrogens with zero attached hydrogens (tertiary/aromatic N) is 2. The zero-order chi connectivity index (χ0) is 23.6. The number of anilines is 2. The van der Waals surface area contributed by atoms with Crippen LogP contribution < -0.4 is 26.2 Å². The van der Waals surface area contributed by atoms with Crippen molar-refractivity contribution in [3.63, 3.8) is 0 Å². The van der Waals surface area contributed by atoms with Gasteiger partial charge in [0.05, 0.1) is 17.8 Å². The Morgan fingerprint density at radius 1 is 1.26 bits per heavy atom. The molecule has 11 heteroatoms. The Morgan fingerprint density at radius 3 is 2.94 bits per heavy atom. The van der Waals surface area contributed by atoms with Crippen molar-refractivity contribution in [2.45, 2.75) is 56.8 Å². The molecule has 1 saturated heterocycles. The molecule has 6 atom stereocenters. The Kier molecular flexibility index (Phi) is 4.96. The van der Waals surface area contributed by atoms with Crippen molar-refractivity contribution in [1.82, 2.24) is 20.8 Å². The second kappa shape index (κ2) is 7.81. The summed E-state index contributed by atoms with van der Waals surface area (Å²) in [5.41, 5.74) is 7.45. The number of nitrogens with one attached hydrogen (secondary N) is 4. The van der Waals surface area contributed by atoms with E-state index in [1.165, 1.54) is 18.3 Å². The van der Waals surface area contributed by atoms with E-state index in [-0.39, 0.29) is 47.3 Å². The average molecular weight is 474 g/mol. The predicted molar refractivity (Wildman–Crippen MR) is 117 cm³/mol. The highest BCUT2D eigenvalue weighted by atomic mass is 19.3. The minimum Gasteiger partial charge on any atom is -0.429 e. The third kappa shape index (κ3) is 3.40. The van der Waals surface area contributed by atoms with Gasteiger partial charge in [0, 0.05) is 17.6 Å². The Hall–Kier alpha value is -2.92. The molecule has 2 aliphatic heterocycles. The molecular weight excluding hydrogens is 449 g/mol. The van der Waals surface area contributed by atoms with Gasteiger partial charge < -0.3 is 15.4 Å². The van der Waals surface area contributed by atoms with Crippen LogP contribution in [-0.4, -0.2) is 34.7 Å². The van der Waals surface area contributed by atoms with E-state index >= 15 is 0 Å². The van der Waals surface area contributed by atoms with Gasteiger partial charge in [-0.1, -0.05) is 0 Å². The molecule has 8 nitrogen and oxygen atoms in total. The molecule has 2 aliphatic carbocycles. The highest BCUT2D eigenvalue weighted by Crippen LogP contribution is 2.65. The molecule has 4 aliphatic rings. The molecule has 1 aromatic carbocycles. The molecule has 180 valence electrons. The van der Waals surface area contributed by atoms with E-state index in [0.29, 0.717) is 11.7 Å². The van der Waals surface area contributed by atoms with E-state index in [0.717, 1.165) is 36.9 Å². The maximum absolute atomic E-state index is 13.9. The number of carbonyl (C=O) groups is 1. The minimum atomic E-state index is -2.97. The number of hydrazine groups is 1. The van der Waals surface area contributed by atoms with Crippen molar-refractivity contribution in [2.75, 3.05) is 10.6 Å². The zero-order valence-corrected chi connectivity index (χ0v) is 18.4. The molecule has 1 spiro atoms. The number of halogens is 3. The van der Waals surface area contributed by atoms with E-state index in [4.69, 9.17) is 0 Å².